The van der Waals surface area contributed by atoms with E-state index in [1.165, 1.54) is 21.9 Å². The fourth-order valence-electron chi connectivity index (χ4n) is 4.38. The Morgan fingerprint density at radius 1 is 0.967 bits per heavy atom. The first-order valence-corrected chi connectivity index (χ1v) is 11.5. The van der Waals surface area contributed by atoms with E-state index >= 15 is 0 Å². The molecule has 1 N–H and O–H groups in total. The van der Waals surface area contributed by atoms with Gasteiger partial charge in [0.1, 0.15) is 5.75 Å². The Balaban J connectivity index is 1.43. The van der Waals surface area contributed by atoms with Crippen molar-refractivity contribution in [1.29, 1.82) is 0 Å². The number of thiol groups is 1. The second-order valence-electron chi connectivity index (χ2n) is 8.20. The van der Waals surface area contributed by atoms with E-state index < -0.39 is 0 Å². The molecule has 1 heterocycles. The molecule has 1 aliphatic rings. The summed E-state index contributed by atoms with van der Waals surface area (Å²) in [6.45, 7) is 4.24. The van der Waals surface area contributed by atoms with Crippen LogP contribution in [-0.4, -0.2) is 49.5 Å². The SMILES string of the molecule is COc1ccc(CCN(CCc2cccc3ccccc23)C[C@H]2NCC[C@H]2S)cc1. The Kier molecular flexibility index (Phi) is 7.32. The molecule has 0 unspecified atom stereocenters. The minimum Gasteiger partial charge on any atom is -0.497 e. The summed E-state index contributed by atoms with van der Waals surface area (Å²) in [6, 6.07) is 24.3. The monoisotopic (exact) mass is 420 g/mol. The number of nitrogens with one attached hydrogen (secondary N) is 1. The first-order valence-electron chi connectivity index (χ1n) is 11.0. The van der Waals surface area contributed by atoms with Crippen molar-refractivity contribution in [3.63, 3.8) is 0 Å². The maximum absolute atomic E-state index is 5.29. The van der Waals surface area contributed by atoms with Gasteiger partial charge in [0.05, 0.1) is 7.11 Å². The Labute approximate surface area is 185 Å². The molecule has 1 saturated heterocycles. The molecule has 3 aromatic rings. The number of hydrogen-bond acceptors (Lipinski definition) is 4. The second-order valence-corrected chi connectivity index (χ2v) is 8.87. The van der Waals surface area contributed by atoms with E-state index in [-0.39, 0.29) is 0 Å². The van der Waals surface area contributed by atoms with Gasteiger partial charge in [-0.05, 0) is 59.8 Å². The summed E-state index contributed by atoms with van der Waals surface area (Å²) < 4.78 is 5.29. The van der Waals surface area contributed by atoms with Crippen LogP contribution >= 0.6 is 12.6 Å². The quantitative estimate of drug-likeness (QED) is 0.495. The zero-order chi connectivity index (χ0) is 20.8. The van der Waals surface area contributed by atoms with E-state index in [9.17, 15) is 0 Å². The number of fused-ring (bicyclic) bond motifs is 1. The smallest absolute Gasteiger partial charge is 0.118 e. The highest BCUT2D eigenvalue weighted by molar-refractivity contribution is 7.81. The van der Waals surface area contributed by atoms with E-state index in [1.54, 1.807) is 7.11 Å². The van der Waals surface area contributed by atoms with Gasteiger partial charge < -0.3 is 15.0 Å². The molecule has 0 saturated carbocycles. The molecule has 0 spiro atoms. The molecular formula is C26H32N2OS. The van der Waals surface area contributed by atoms with Crippen molar-refractivity contribution < 1.29 is 4.74 Å². The third-order valence-electron chi connectivity index (χ3n) is 6.22. The molecule has 4 heteroatoms. The van der Waals surface area contributed by atoms with Gasteiger partial charge in [-0.3, -0.25) is 0 Å². The van der Waals surface area contributed by atoms with E-state index in [0.29, 0.717) is 11.3 Å². The summed E-state index contributed by atoms with van der Waals surface area (Å²) in [7, 11) is 1.71. The van der Waals surface area contributed by atoms with Crippen molar-refractivity contribution >= 4 is 23.4 Å². The van der Waals surface area contributed by atoms with Crippen LogP contribution in [0, 0.1) is 0 Å². The molecule has 1 fully saturated rings. The Morgan fingerprint density at radius 2 is 1.73 bits per heavy atom. The number of ether oxygens (including phenoxy) is 1. The highest BCUT2D eigenvalue weighted by atomic mass is 32.1. The molecule has 0 bridgehead atoms. The number of benzene rings is 3. The van der Waals surface area contributed by atoms with Gasteiger partial charge in [0, 0.05) is 30.9 Å². The lowest BCUT2D eigenvalue weighted by molar-refractivity contribution is 0.256. The van der Waals surface area contributed by atoms with Gasteiger partial charge in [-0.2, -0.15) is 12.6 Å². The predicted molar refractivity (Wildman–Crippen MR) is 130 cm³/mol. The minimum atomic E-state index is 0.450. The second kappa shape index (κ2) is 10.3. The normalized spacial score (nSPS) is 18.9. The van der Waals surface area contributed by atoms with Gasteiger partial charge in [-0.15, -0.1) is 0 Å². The van der Waals surface area contributed by atoms with Crippen LogP contribution in [0.3, 0.4) is 0 Å². The zero-order valence-corrected chi connectivity index (χ0v) is 18.7. The largest absolute Gasteiger partial charge is 0.497 e. The van der Waals surface area contributed by atoms with Crippen molar-refractivity contribution in [1.82, 2.24) is 10.2 Å². The molecule has 0 aromatic heterocycles. The first-order chi connectivity index (χ1) is 14.7. The molecule has 158 valence electrons. The van der Waals surface area contributed by atoms with Gasteiger partial charge in [0.15, 0.2) is 0 Å². The number of nitrogens with zero attached hydrogens (tertiary/aromatic N) is 1. The van der Waals surface area contributed by atoms with Gasteiger partial charge in [0.2, 0.25) is 0 Å². The van der Waals surface area contributed by atoms with Crippen LogP contribution in [0.1, 0.15) is 17.5 Å². The molecular weight excluding hydrogens is 388 g/mol. The van der Waals surface area contributed by atoms with Gasteiger partial charge >= 0.3 is 0 Å². The molecule has 4 rings (SSSR count). The molecule has 1 aliphatic heterocycles. The lowest BCUT2D eigenvalue weighted by Gasteiger charge is -2.27. The number of rotatable bonds is 9. The van der Waals surface area contributed by atoms with Gasteiger partial charge in [-0.25, -0.2) is 0 Å². The lowest BCUT2D eigenvalue weighted by atomic mass is 10.0. The highest BCUT2D eigenvalue weighted by Gasteiger charge is 2.25. The van der Waals surface area contributed by atoms with E-state index in [1.807, 2.05) is 0 Å². The Morgan fingerprint density at radius 3 is 2.50 bits per heavy atom. The average Bonchev–Trinajstić information content (AvgIpc) is 3.20. The fourth-order valence-corrected chi connectivity index (χ4v) is 4.71. The summed E-state index contributed by atoms with van der Waals surface area (Å²) in [4.78, 5) is 2.61. The average molecular weight is 421 g/mol. The van der Waals surface area contributed by atoms with E-state index in [0.717, 1.165) is 51.2 Å². The van der Waals surface area contributed by atoms with E-state index in [2.05, 4.69) is 76.9 Å². The third kappa shape index (κ3) is 5.37. The van der Waals surface area contributed by atoms with E-state index in [4.69, 9.17) is 17.4 Å². The highest BCUT2D eigenvalue weighted by Crippen LogP contribution is 2.20. The van der Waals surface area contributed by atoms with Crippen molar-refractivity contribution in [2.24, 2.45) is 0 Å². The predicted octanol–water partition coefficient (Wildman–Crippen LogP) is 4.60. The van der Waals surface area contributed by atoms with Crippen molar-refractivity contribution in [2.45, 2.75) is 30.6 Å². The maximum Gasteiger partial charge on any atom is 0.118 e. The summed E-state index contributed by atoms with van der Waals surface area (Å²) >= 11 is 4.81. The van der Waals surface area contributed by atoms with Crippen LogP contribution in [0.15, 0.2) is 66.7 Å². The van der Waals surface area contributed by atoms with Crippen LogP contribution in [0.4, 0.5) is 0 Å². The zero-order valence-electron chi connectivity index (χ0n) is 17.8. The van der Waals surface area contributed by atoms with Crippen LogP contribution < -0.4 is 10.1 Å². The maximum atomic E-state index is 5.29. The molecule has 2 atom stereocenters. The lowest BCUT2D eigenvalue weighted by Crippen LogP contribution is -2.42. The van der Waals surface area contributed by atoms with Crippen LogP contribution in [0.2, 0.25) is 0 Å². The van der Waals surface area contributed by atoms with Crippen LogP contribution in [-0.2, 0) is 12.8 Å². The third-order valence-corrected chi connectivity index (χ3v) is 6.84. The molecule has 3 aromatic carbocycles. The molecule has 0 aliphatic carbocycles. The topological polar surface area (TPSA) is 24.5 Å². The summed E-state index contributed by atoms with van der Waals surface area (Å²) in [5.74, 6) is 0.916. The summed E-state index contributed by atoms with van der Waals surface area (Å²) in [5.41, 5.74) is 2.79. The fraction of sp³-hybridized carbons (Fsp3) is 0.385. The van der Waals surface area contributed by atoms with Gasteiger partial charge in [0.25, 0.3) is 0 Å². The van der Waals surface area contributed by atoms with Crippen molar-refractivity contribution in [3.05, 3.63) is 77.9 Å². The molecule has 0 amide bonds. The minimum absolute atomic E-state index is 0.450. The summed E-state index contributed by atoms with van der Waals surface area (Å²) in [5, 5.41) is 6.80. The number of methoxy groups -OCH3 is 1. The van der Waals surface area contributed by atoms with Crippen LogP contribution in [0.25, 0.3) is 10.8 Å². The van der Waals surface area contributed by atoms with Crippen LogP contribution in [0.5, 0.6) is 5.75 Å². The molecule has 0 radical (unpaired) electrons. The Hall–Kier alpha value is -2.01. The standard InChI is InChI=1S/C26H32N2OS/c1-29-23-11-9-20(10-12-23)14-17-28(19-25-26(30)13-16-27-25)18-15-22-7-4-6-21-5-2-3-8-24(21)22/h2-12,25-27,30H,13-19H2,1H3/t25-,26-/m1/s1. The van der Waals surface area contributed by atoms with Crippen molar-refractivity contribution in [3.8, 4) is 5.75 Å². The Bertz CT molecular complexity index is 938. The molecule has 30 heavy (non-hydrogen) atoms. The van der Waals surface area contributed by atoms with Crippen molar-refractivity contribution in [2.75, 3.05) is 33.3 Å². The molecule has 3 nitrogen and oxygen atoms in total. The first kappa shape index (κ1) is 21.2. The summed E-state index contributed by atoms with van der Waals surface area (Å²) in [6.07, 6.45) is 3.26. The number of hydrogen-bond donors (Lipinski definition) is 2. The van der Waals surface area contributed by atoms with Gasteiger partial charge in [-0.1, -0.05) is 54.6 Å².